The summed E-state index contributed by atoms with van der Waals surface area (Å²) >= 11 is 3.51. The van der Waals surface area contributed by atoms with Gasteiger partial charge >= 0.3 is 0 Å². The maximum absolute atomic E-state index is 13.1. The zero-order valence-electron chi connectivity index (χ0n) is 17.8. The fourth-order valence-electron chi connectivity index (χ4n) is 3.96. The van der Waals surface area contributed by atoms with E-state index < -0.39 is 0 Å². The zero-order chi connectivity index (χ0) is 21.8. The van der Waals surface area contributed by atoms with E-state index in [1.807, 2.05) is 30.2 Å². The molecular weight excluding hydrogens is 458 g/mol. The number of pyridine rings is 1. The molecule has 7 heteroatoms. The summed E-state index contributed by atoms with van der Waals surface area (Å²) in [6, 6.07) is 13.9. The highest BCUT2D eigenvalue weighted by Crippen LogP contribution is 2.37. The lowest BCUT2D eigenvalue weighted by Crippen LogP contribution is -2.48. The normalized spacial score (nSPS) is 14.6. The molecule has 1 fully saturated rings. The van der Waals surface area contributed by atoms with E-state index in [2.05, 4.69) is 50.1 Å². The van der Waals surface area contributed by atoms with Crippen molar-refractivity contribution < 1.29 is 14.3 Å². The highest BCUT2D eigenvalue weighted by molar-refractivity contribution is 9.10. The lowest BCUT2D eigenvalue weighted by atomic mass is 10.1. The Morgan fingerprint density at radius 3 is 2.65 bits per heavy atom. The molecule has 4 rings (SSSR count). The molecule has 1 aliphatic rings. The third-order valence-corrected chi connectivity index (χ3v) is 6.12. The summed E-state index contributed by atoms with van der Waals surface area (Å²) in [5, 5.41) is 1.16. The van der Waals surface area contributed by atoms with Crippen LogP contribution in [-0.2, 0) is 6.54 Å². The van der Waals surface area contributed by atoms with E-state index >= 15 is 0 Å². The Kier molecular flexibility index (Phi) is 6.73. The Bertz CT molecular complexity index is 1080. The zero-order valence-corrected chi connectivity index (χ0v) is 19.4. The minimum absolute atomic E-state index is 0.00789. The summed E-state index contributed by atoms with van der Waals surface area (Å²) < 4.78 is 11.8. The first-order valence-electron chi connectivity index (χ1n) is 10.4. The van der Waals surface area contributed by atoms with Crippen molar-refractivity contribution in [3.8, 4) is 11.5 Å². The maximum Gasteiger partial charge on any atom is 0.254 e. The number of ether oxygens (including phenoxy) is 2. The van der Waals surface area contributed by atoms with Crippen molar-refractivity contribution in [1.82, 2.24) is 14.8 Å². The standard InChI is InChI=1S/C24H26BrN3O3/c1-3-31-23-20(25)14-19(15-21(23)30-2)24(29)28-12-10-27(11-13-28)16-18-7-4-6-17-8-5-9-26-22(17)18/h4-9,14-15H,3,10-13,16H2,1-2H3. The molecule has 1 saturated heterocycles. The van der Waals surface area contributed by atoms with Crippen molar-refractivity contribution in [3.63, 3.8) is 0 Å². The number of nitrogens with zero attached hydrogens (tertiary/aromatic N) is 3. The molecule has 1 aliphatic heterocycles. The van der Waals surface area contributed by atoms with E-state index in [9.17, 15) is 4.79 Å². The number of carbonyl (C=O) groups excluding carboxylic acids is 1. The first kappa shape index (κ1) is 21.6. The number of rotatable bonds is 6. The molecule has 0 atom stereocenters. The maximum atomic E-state index is 13.1. The number of halogens is 1. The molecule has 2 heterocycles. The van der Waals surface area contributed by atoms with Gasteiger partial charge in [0.15, 0.2) is 11.5 Å². The van der Waals surface area contributed by atoms with Gasteiger partial charge in [0.1, 0.15) is 0 Å². The molecule has 0 saturated carbocycles. The Morgan fingerprint density at radius 2 is 1.90 bits per heavy atom. The average Bonchev–Trinajstić information content (AvgIpc) is 2.80. The quantitative estimate of drug-likeness (QED) is 0.521. The van der Waals surface area contributed by atoms with E-state index in [0.29, 0.717) is 36.8 Å². The first-order valence-corrected chi connectivity index (χ1v) is 11.2. The fraction of sp³-hybridized carbons (Fsp3) is 0.333. The SMILES string of the molecule is CCOc1c(Br)cc(C(=O)N2CCN(Cc3cccc4cccnc34)CC2)cc1OC. The molecule has 1 amide bonds. The molecule has 2 aromatic carbocycles. The minimum Gasteiger partial charge on any atom is -0.493 e. The van der Waals surface area contributed by atoms with Crippen LogP contribution in [0.25, 0.3) is 10.9 Å². The topological polar surface area (TPSA) is 54.9 Å². The molecule has 0 bridgehead atoms. The lowest BCUT2D eigenvalue weighted by molar-refractivity contribution is 0.0628. The summed E-state index contributed by atoms with van der Waals surface area (Å²) in [5.74, 6) is 1.19. The van der Waals surface area contributed by atoms with Crippen LogP contribution < -0.4 is 9.47 Å². The Hall–Kier alpha value is -2.64. The summed E-state index contributed by atoms with van der Waals surface area (Å²) in [6.07, 6.45) is 1.84. The van der Waals surface area contributed by atoms with Crippen LogP contribution in [0.15, 0.2) is 53.1 Å². The lowest BCUT2D eigenvalue weighted by Gasteiger charge is -2.35. The van der Waals surface area contributed by atoms with E-state index in [1.165, 1.54) is 5.56 Å². The smallest absolute Gasteiger partial charge is 0.254 e. The van der Waals surface area contributed by atoms with Crippen LogP contribution in [0.2, 0.25) is 0 Å². The molecule has 6 nitrogen and oxygen atoms in total. The first-order chi connectivity index (χ1) is 15.1. The van der Waals surface area contributed by atoms with Crippen molar-refractivity contribution >= 4 is 32.7 Å². The highest BCUT2D eigenvalue weighted by atomic mass is 79.9. The number of fused-ring (bicyclic) bond motifs is 1. The number of methoxy groups -OCH3 is 1. The van der Waals surface area contributed by atoms with E-state index in [-0.39, 0.29) is 5.91 Å². The number of carbonyl (C=O) groups is 1. The van der Waals surface area contributed by atoms with Gasteiger partial charge in [0.25, 0.3) is 5.91 Å². The molecule has 0 aliphatic carbocycles. The van der Waals surface area contributed by atoms with Gasteiger partial charge in [-0.3, -0.25) is 14.7 Å². The fourth-order valence-corrected chi connectivity index (χ4v) is 4.51. The highest BCUT2D eigenvalue weighted by Gasteiger charge is 2.24. The van der Waals surface area contributed by atoms with Gasteiger partial charge in [0, 0.05) is 49.9 Å². The van der Waals surface area contributed by atoms with E-state index in [4.69, 9.17) is 9.47 Å². The largest absolute Gasteiger partial charge is 0.493 e. The predicted octanol–water partition coefficient (Wildman–Crippen LogP) is 4.36. The van der Waals surface area contributed by atoms with Gasteiger partial charge in [-0.25, -0.2) is 0 Å². The molecule has 1 aromatic heterocycles. The minimum atomic E-state index is 0.00789. The van der Waals surface area contributed by atoms with Crippen molar-refractivity contribution in [2.24, 2.45) is 0 Å². The van der Waals surface area contributed by atoms with Gasteiger partial charge in [-0.05, 0) is 46.6 Å². The number of benzene rings is 2. The van der Waals surface area contributed by atoms with Crippen molar-refractivity contribution in [2.45, 2.75) is 13.5 Å². The summed E-state index contributed by atoms with van der Waals surface area (Å²) in [5.41, 5.74) is 2.87. The van der Waals surface area contributed by atoms with Crippen LogP contribution in [0, 0.1) is 0 Å². The third kappa shape index (κ3) is 4.67. The second-order valence-electron chi connectivity index (χ2n) is 7.48. The Morgan fingerprint density at radius 1 is 1.13 bits per heavy atom. The Labute approximate surface area is 190 Å². The van der Waals surface area contributed by atoms with Crippen LogP contribution >= 0.6 is 15.9 Å². The van der Waals surface area contributed by atoms with Crippen LogP contribution in [0.1, 0.15) is 22.8 Å². The van der Waals surface area contributed by atoms with Crippen molar-refractivity contribution in [3.05, 3.63) is 64.3 Å². The van der Waals surface area contributed by atoms with Crippen LogP contribution in [0.4, 0.5) is 0 Å². The monoisotopic (exact) mass is 483 g/mol. The van der Waals surface area contributed by atoms with Crippen LogP contribution in [0.3, 0.4) is 0 Å². The van der Waals surface area contributed by atoms with Crippen LogP contribution in [0.5, 0.6) is 11.5 Å². The van der Waals surface area contributed by atoms with Gasteiger partial charge in [-0.1, -0.05) is 24.3 Å². The third-order valence-electron chi connectivity index (χ3n) is 5.53. The molecule has 0 radical (unpaired) electrons. The summed E-state index contributed by atoms with van der Waals surface area (Å²) in [7, 11) is 1.58. The van der Waals surface area contributed by atoms with Crippen molar-refractivity contribution in [1.29, 1.82) is 0 Å². The second-order valence-corrected chi connectivity index (χ2v) is 8.34. The molecule has 0 spiro atoms. The van der Waals surface area contributed by atoms with E-state index in [0.717, 1.165) is 35.0 Å². The molecule has 31 heavy (non-hydrogen) atoms. The number of para-hydroxylation sites is 1. The molecule has 162 valence electrons. The number of aromatic nitrogens is 1. The van der Waals surface area contributed by atoms with E-state index in [1.54, 1.807) is 13.2 Å². The van der Waals surface area contributed by atoms with Gasteiger partial charge in [0.2, 0.25) is 0 Å². The summed E-state index contributed by atoms with van der Waals surface area (Å²) in [6.45, 7) is 6.29. The Balaban J connectivity index is 1.43. The summed E-state index contributed by atoms with van der Waals surface area (Å²) in [4.78, 5) is 21.9. The second kappa shape index (κ2) is 9.66. The van der Waals surface area contributed by atoms with Crippen LogP contribution in [-0.4, -0.2) is 60.6 Å². The number of piperazine rings is 1. The number of hydrogen-bond donors (Lipinski definition) is 0. The molecule has 0 N–H and O–H groups in total. The number of amides is 1. The van der Waals surface area contributed by atoms with Gasteiger partial charge in [-0.15, -0.1) is 0 Å². The molecule has 0 unspecified atom stereocenters. The van der Waals surface area contributed by atoms with Gasteiger partial charge in [-0.2, -0.15) is 0 Å². The molecular formula is C24H26BrN3O3. The van der Waals surface area contributed by atoms with Crippen molar-refractivity contribution in [2.75, 3.05) is 39.9 Å². The average molecular weight is 484 g/mol. The van der Waals surface area contributed by atoms with Gasteiger partial charge in [0.05, 0.1) is 23.7 Å². The van der Waals surface area contributed by atoms with Gasteiger partial charge < -0.3 is 14.4 Å². The number of hydrogen-bond acceptors (Lipinski definition) is 5. The predicted molar refractivity (Wildman–Crippen MR) is 125 cm³/mol. The molecule has 3 aromatic rings.